The van der Waals surface area contributed by atoms with Crippen molar-refractivity contribution in [2.45, 2.75) is 20.0 Å². The normalized spacial score (nSPS) is 13.1. The number of para-hydroxylation sites is 2. The van der Waals surface area contributed by atoms with Gasteiger partial charge in [-0.15, -0.1) is 0 Å². The van der Waals surface area contributed by atoms with Crippen LogP contribution in [-0.4, -0.2) is 19.6 Å². The van der Waals surface area contributed by atoms with Gasteiger partial charge in [0.1, 0.15) is 11.6 Å². The summed E-state index contributed by atoms with van der Waals surface area (Å²) < 4.78 is 3.73. The summed E-state index contributed by atoms with van der Waals surface area (Å²) in [5.74, 6) is 2.13. The number of aromatic nitrogens is 4. The smallest absolute Gasteiger partial charge is 0.133 e. The van der Waals surface area contributed by atoms with Crippen LogP contribution in [0.2, 0.25) is 0 Å². The van der Waals surface area contributed by atoms with E-state index < -0.39 is 0 Å². The molecule has 0 radical (unpaired) electrons. The van der Waals surface area contributed by atoms with Crippen molar-refractivity contribution in [3.8, 4) is 0 Å². The van der Waals surface area contributed by atoms with Crippen LogP contribution >= 0.6 is 0 Å². The molecule has 158 valence electrons. The molecule has 4 heterocycles. The standard InChI is InChI=1S/C12H14N4.C11H12N4/c1-8-3-4-10-11(5-8)13-6-9-7-14-16(2)12(9)15-10;1-15-11-8(7-13-15)6-12-9-4-2-3-5-10(9)14-11/h3-5,7,13,15H,6H2,1-2H3;2-5,7,12,14H,6H2,1H3. The first kappa shape index (κ1) is 19.0. The van der Waals surface area contributed by atoms with Gasteiger partial charge in [-0.3, -0.25) is 9.36 Å². The molecule has 0 atom stereocenters. The first-order valence-corrected chi connectivity index (χ1v) is 10.3. The number of fused-ring (bicyclic) bond motifs is 4. The molecule has 0 unspecified atom stereocenters. The minimum atomic E-state index is 0.812. The van der Waals surface area contributed by atoms with Gasteiger partial charge >= 0.3 is 0 Å². The van der Waals surface area contributed by atoms with Crippen LogP contribution in [0.3, 0.4) is 0 Å². The third kappa shape index (κ3) is 3.68. The van der Waals surface area contributed by atoms with Gasteiger partial charge < -0.3 is 21.3 Å². The molecule has 4 aromatic rings. The number of hydrogen-bond donors (Lipinski definition) is 4. The van der Waals surface area contributed by atoms with E-state index in [2.05, 4.69) is 68.7 Å². The maximum Gasteiger partial charge on any atom is 0.133 e. The van der Waals surface area contributed by atoms with E-state index in [1.807, 2.05) is 48.0 Å². The zero-order valence-electron chi connectivity index (χ0n) is 17.9. The highest BCUT2D eigenvalue weighted by Gasteiger charge is 2.16. The summed E-state index contributed by atoms with van der Waals surface area (Å²) in [7, 11) is 3.89. The van der Waals surface area contributed by atoms with Gasteiger partial charge in [-0.2, -0.15) is 10.2 Å². The highest BCUT2D eigenvalue weighted by molar-refractivity contribution is 5.77. The van der Waals surface area contributed by atoms with E-state index in [1.165, 1.54) is 16.7 Å². The quantitative estimate of drug-likeness (QED) is 0.339. The first-order chi connectivity index (χ1) is 15.1. The van der Waals surface area contributed by atoms with Crippen molar-refractivity contribution in [1.29, 1.82) is 0 Å². The Balaban J connectivity index is 0.000000132. The molecule has 2 aliphatic heterocycles. The lowest BCUT2D eigenvalue weighted by atomic mass is 10.2. The van der Waals surface area contributed by atoms with E-state index >= 15 is 0 Å². The summed E-state index contributed by atoms with van der Waals surface area (Å²) in [5, 5.41) is 22.1. The van der Waals surface area contributed by atoms with E-state index in [9.17, 15) is 0 Å². The summed E-state index contributed by atoms with van der Waals surface area (Å²) in [6.45, 7) is 3.72. The number of anilines is 6. The fourth-order valence-corrected chi connectivity index (χ4v) is 3.84. The van der Waals surface area contributed by atoms with Gasteiger partial charge in [0.25, 0.3) is 0 Å². The molecule has 2 aromatic carbocycles. The topological polar surface area (TPSA) is 83.8 Å². The molecule has 31 heavy (non-hydrogen) atoms. The lowest BCUT2D eigenvalue weighted by Crippen LogP contribution is -1.99. The van der Waals surface area contributed by atoms with Crippen LogP contribution < -0.4 is 21.3 Å². The lowest BCUT2D eigenvalue weighted by molar-refractivity contribution is 0.776. The molecule has 8 nitrogen and oxygen atoms in total. The molecule has 6 rings (SSSR count). The molecule has 0 spiro atoms. The molecule has 2 aromatic heterocycles. The molecule has 0 amide bonds. The van der Waals surface area contributed by atoms with Crippen LogP contribution in [0.4, 0.5) is 34.4 Å². The Labute approximate surface area is 181 Å². The van der Waals surface area contributed by atoms with Gasteiger partial charge in [-0.1, -0.05) is 18.2 Å². The van der Waals surface area contributed by atoms with E-state index in [1.54, 1.807) is 0 Å². The van der Waals surface area contributed by atoms with Gasteiger partial charge in [-0.05, 0) is 36.8 Å². The molecule has 4 N–H and O–H groups in total. The Hall–Kier alpha value is -3.94. The molecule has 0 saturated heterocycles. The summed E-state index contributed by atoms with van der Waals surface area (Å²) in [6.07, 6.45) is 3.79. The van der Waals surface area contributed by atoms with Crippen LogP contribution in [-0.2, 0) is 27.2 Å². The highest BCUT2D eigenvalue weighted by Crippen LogP contribution is 2.32. The van der Waals surface area contributed by atoms with E-state index in [0.717, 1.165) is 47.5 Å². The van der Waals surface area contributed by atoms with Gasteiger partial charge in [0.05, 0.1) is 35.1 Å². The Kier molecular flexibility index (Phi) is 4.74. The van der Waals surface area contributed by atoms with E-state index in [0.29, 0.717) is 0 Å². The van der Waals surface area contributed by atoms with Crippen molar-refractivity contribution < 1.29 is 0 Å². The van der Waals surface area contributed by atoms with Crippen molar-refractivity contribution in [3.63, 3.8) is 0 Å². The zero-order valence-corrected chi connectivity index (χ0v) is 17.9. The van der Waals surface area contributed by atoms with Crippen LogP contribution in [0.15, 0.2) is 54.9 Å². The number of benzene rings is 2. The van der Waals surface area contributed by atoms with E-state index in [-0.39, 0.29) is 0 Å². The minimum absolute atomic E-state index is 0.812. The van der Waals surface area contributed by atoms with Gasteiger partial charge in [0.2, 0.25) is 0 Å². The Morgan fingerprint density at radius 1 is 0.710 bits per heavy atom. The molecule has 0 bridgehead atoms. The number of aryl methyl sites for hydroxylation is 3. The first-order valence-electron chi connectivity index (χ1n) is 10.3. The second-order valence-electron chi connectivity index (χ2n) is 7.84. The molecular formula is C23H26N8. The molecule has 0 aliphatic carbocycles. The maximum atomic E-state index is 4.24. The maximum absolute atomic E-state index is 4.24. The van der Waals surface area contributed by atoms with Crippen LogP contribution in [0.1, 0.15) is 16.7 Å². The summed E-state index contributed by atoms with van der Waals surface area (Å²) in [5.41, 5.74) is 8.12. The van der Waals surface area contributed by atoms with Crippen LogP contribution in [0.25, 0.3) is 0 Å². The predicted molar refractivity (Wildman–Crippen MR) is 125 cm³/mol. The summed E-state index contributed by atoms with van der Waals surface area (Å²) in [6, 6.07) is 14.5. The van der Waals surface area contributed by atoms with E-state index in [4.69, 9.17) is 0 Å². The number of nitrogens with one attached hydrogen (secondary N) is 4. The second-order valence-corrected chi connectivity index (χ2v) is 7.84. The van der Waals surface area contributed by atoms with Crippen molar-refractivity contribution in [2.24, 2.45) is 14.1 Å². The van der Waals surface area contributed by atoms with Crippen molar-refractivity contribution in [1.82, 2.24) is 19.6 Å². The third-order valence-electron chi connectivity index (χ3n) is 5.58. The SMILES string of the molecule is Cc1ccc2c(c1)NCc1cnn(C)c1N2.Cn1ncc2c1Nc1ccccc1NC2. The Morgan fingerprint density at radius 3 is 1.90 bits per heavy atom. The van der Waals surface area contributed by atoms with Gasteiger partial charge in [-0.25, -0.2) is 0 Å². The minimum Gasteiger partial charge on any atom is -0.379 e. The predicted octanol–water partition coefficient (Wildman–Crippen LogP) is 4.49. The largest absolute Gasteiger partial charge is 0.379 e. The third-order valence-corrected chi connectivity index (χ3v) is 5.58. The average Bonchev–Trinajstić information content (AvgIpc) is 3.15. The van der Waals surface area contributed by atoms with Crippen molar-refractivity contribution >= 4 is 34.4 Å². The summed E-state index contributed by atoms with van der Waals surface area (Å²) >= 11 is 0. The van der Waals surface area contributed by atoms with Crippen LogP contribution in [0.5, 0.6) is 0 Å². The lowest BCUT2D eigenvalue weighted by Gasteiger charge is -2.10. The second kappa shape index (κ2) is 7.71. The fraction of sp³-hybridized carbons (Fsp3) is 0.217. The van der Waals surface area contributed by atoms with Gasteiger partial charge in [0.15, 0.2) is 0 Å². The van der Waals surface area contributed by atoms with Gasteiger partial charge in [0, 0.05) is 38.3 Å². The van der Waals surface area contributed by atoms with Crippen LogP contribution in [0, 0.1) is 6.92 Å². The average molecular weight is 415 g/mol. The monoisotopic (exact) mass is 414 g/mol. The number of nitrogens with zero attached hydrogens (tertiary/aromatic N) is 4. The Morgan fingerprint density at radius 2 is 1.26 bits per heavy atom. The zero-order chi connectivity index (χ0) is 21.4. The number of hydrogen-bond acceptors (Lipinski definition) is 6. The molecular weight excluding hydrogens is 388 g/mol. The fourth-order valence-electron chi connectivity index (χ4n) is 3.84. The highest BCUT2D eigenvalue weighted by atomic mass is 15.3. The molecule has 0 saturated carbocycles. The molecule has 0 fully saturated rings. The van der Waals surface area contributed by atoms with Crippen molar-refractivity contribution in [3.05, 3.63) is 71.5 Å². The number of rotatable bonds is 0. The Bertz CT molecular complexity index is 1240. The molecule has 8 heteroatoms. The molecule has 2 aliphatic rings. The summed E-state index contributed by atoms with van der Waals surface area (Å²) in [4.78, 5) is 0. The van der Waals surface area contributed by atoms with Crippen molar-refractivity contribution in [2.75, 3.05) is 21.3 Å².